The van der Waals surface area contributed by atoms with Gasteiger partial charge < -0.3 is 9.73 Å². The van der Waals surface area contributed by atoms with Gasteiger partial charge in [0.2, 0.25) is 5.09 Å². The van der Waals surface area contributed by atoms with Gasteiger partial charge in [-0.15, -0.1) is 0 Å². The smallest absolute Gasteiger partial charge is 0.389 e. The summed E-state index contributed by atoms with van der Waals surface area (Å²) in [7, 11) is -3.88. The summed E-state index contributed by atoms with van der Waals surface area (Å²) >= 11 is 0. The van der Waals surface area contributed by atoms with Gasteiger partial charge in [0.05, 0.1) is 6.54 Å². The molecule has 5 nitrogen and oxygen atoms in total. The predicted octanol–water partition coefficient (Wildman–Crippen LogP) is 1.36. The number of primary sulfonamides is 1. The quantitative estimate of drug-likeness (QED) is 0.773. The maximum absolute atomic E-state index is 11.8. The number of halogens is 3. The molecule has 0 saturated heterocycles. The Morgan fingerprint density at radius 1 is 1.33 bits per heavy atom. The van der Waals surface area contributed by atoms with Crippen molar-refractivity contribution in [2.75, 3.05) is 6.54 Å². The maximum atomic E-state index is 11.8. The molecule has 0 aliphatic rings. The molecule has 9 heteroatoms. The molecule has 0 unspecified atom stereocenters. The van der Waals surface area contributed by atoms with Crippen LogP contribution in [-0.4, -0.2) is 21.1 Å². The van der Waals surface area contributed by atoms with Gasteiger partial charge in [-0.3, -0.25) is 0 Å². The number of nitrogens with two attached hydrogens (primary N) is 1. The first-order valence-corrected chi connectivity index (χ1v) is 6.62. The highest BCUT2D eigenvalue weighted by atomic mass is 32.2. The molecule has 0 saturated carbocycles. The van der Waals surface area contributed by atoms with Crippen molar-refractivity contribution in [1.29, 1.82) is 0 Å². The fourth-order valence-corrected chi connectivity index (χ4v) is 1.71. The van der Waals surface area contributed by atoms with E-state index in [2.05, 4.69) is 5.32 Å². The minimum absolute atomic E-state index is 0.0494. The van der Waals surface area contributed by atoms with E-state index >= 15 is 0 Å². The second kappa shape index (κ2) is 5.72. The lowest BCUT2D eigenvalue weighted by molar-refractivity contribution is -0.135. The molecule has 1 aromatic heterocycles. The van der Waals surface area contributed by atoms with E-state index in [4.69, 9.17) is 9.56 Å². The van der Waals surface area contributed by atoms with Crippen LogP contribution in [0.4, 0.5) is 13.2 Å². The lowest BCUT2D eigenvalue weighted by Gasteiger charge is -2.06. The number of furan rings is 1. The molecule has 18 heavy (non-hydrogen) atoms. The summed E-state index contributed by atoms with van der Waals surface area (Å²) < 4.78 is 62.1. The van der Waals surface area contributed by atoms with Crippen LogP contribution >= 0.6 is 0 Å². The summed E-state index contributed by atoms with van der Waals surface area (Å²) in [5.41, 5.74) is 0. The summed E-state index contributed by atoms with van der Waals surface area (Å²) in [5.74, 6) is 0.297. The Balaban J connectivity index is 2.31. The third kappa shape index (κ3) is 5.52. The van der Waals surface area contributed by atoms with Crippen LogP contribution in [0.1, 0.15) is 18.6 Å². The van der Waals surface area contributed by atoms with Gasteiger partial charge in [-0.2, -0.15) is 13.2 Å². The molecule has 0 aromatic carbocycles. The van der Waals surface area contributed by atoms with Crippen LogP contribution in [0.3, 0.4) is 0 Å². The highest BCUT2D eigenvalue weighted by Crippen LogP contribution is 2.20. The van der Waals surface area contributed by atoms with Crippen LogP contribution in [0.25, 0.3) is 0 Å². The molecule has 1 aromatic rings. The molecule has 0 fully saturated rings. The zero-order valence-electron chi connectivity index (χ0n) is 9.33. The van der Waals surface area contributed by atoms with Crippen LogP contribution in [0.5, 0.6) is 0 Å². The molecule has 0 aliphatic carbocycles. The van der Waals surface area contributed by atoms with E-state index in [1.54, 1.807) is 0 Å². The maximum Gasteiger partial charge on any atom is 0.389 e. The van der Waals surface area contributed by atoms with Gasteiger partial charge in [-0.25, -0.2) is 13.6 Å². The van der Waals surface area contributed by atoms with E-state index in [1.807, 2.05) is 0 Å². The molecule has 3 N–H and O–H groups in total. The fourth-order valence-electron chi connectivity index (χ4n) is 1.23. The molecule has 0 bridgehead atoms. The lowest BCUT2D eigenvalue weighted by atomic mass is 10.3. The van der Waals surface area contributed by atoms with Crippen LogP contribution < -0.4 is 10.5 Å². The van der Waals surface area contributed by atoms with Gasteiger partial charge in [-0.05, 0) is 25.1 Å². The van der Waals surface area contributed by atoms with Crippen LogP contribution in [-0.2, 0) is 16.6 Å². The number of rotatable bonds is 6. The van der Waals surface area contributed by atoms with E-state index in [-0.39, 0.29) is 24.6 Å². The zero-order chi connectivity index (χ0) is 13.8. The highest BCUT2D eigenvalue weighted by molar-refractivity contribution is 7.89. The van der Waals surface area contributed by atoms with E-state index in [9.17, 15) is 21.6 Å². The van der Waals surface area contributed by atoms with Gasteiger partial charge in [0, 0.05) is 6.42 Å². The summed E-state index contributed by atoms with van der Waals surface area (Å²) in [5, 5.41) is 7.17. The van der Waals surface area contributed by atoms with E-state index in [1.165, 1.54) is 12.1 Å². The first kappa shape index (κ1) is 15.0. The van der Waals surface area contributed by atoms with Crippen LogP contribution in [0.2, 0.25) is 0 Å². The Morgan fingerprint density at radius 2 is 2.00 bits per heavy atom. The van der Waals surface area contributed by atoms with Crippen LogP contribution in [0, 0.1) is 0 Å². The molecule has 0 aliphatic heterocycles. The Morgan fingerprint density at radius 3 is 2.50 bits per heavy atom. The molecule has 0 spiro atoms. The molecule has 0 atom stereocenters. The van der Waals surface area contributed by atoms with Crippen molar-refractivity contribution in [3.8, 4) is 0 Å². The first-order valence-electron chi connectivity index (χ1n) is 5.07. The summed E-state index contributed by atoms with van der Waals surface area (Å²) in [6.07, 6.45) is -5.07. The number of alkyl halides is 3. The average Bonchev–Trinajstić information content (AvgIpc) is 2.63. The lowest BCUT2D eigenvalue weighted by Crippen LogP contribution is -2.17. The van der Waals surface area contributed by atoms with E-state index < -0.39 is 22.6 Å². The topological polar surface area (TPSA) is 85.3 Å². The van der Waals surface area contributed by atoms with Gasteiger partial charge in [0.15, 0.2) is 0 Å². The summed E-state index contributed by atoms with van der Waals surface area (Å²) in [4.78, 5) is 0. The summed E-state index contributed by atoms with van der Waals surface area (Å²) in [6, 6.07) is 2.60. The molecule has 0 amide bonds. The first-order chi connectivity index (χ1) is 8.18. The molecule has 1 heterocycles. The third-order valence-electron chi connectivity index (χ3n) is 2.03. The van der Waals surface area contributed by atoms with Crippen molar-refractivity contribution >= 4 is 10.0 Å². The van der Waals surface area contributed by atoms with Gasteiger partial charge >= 0.3 is 6.18 Å². The van der Waals surface area contributed by atoms with Crippen molar-refractivity contribution in [1.82, 2.24) is 5.32 Å². The van der Waals surface area contributed by atoms with Crippen LogP contribution in [0.15, 0.2) is 21.6 Å². The number of hydrogen-bond donors (Lipinski definition) is 2. The van der Waals surface area contributed by atoms with Gasteiger partial charge in [0.1, 0.15) is 5.76 Å². The van der Waals surface area contributed by atoms with Crippen molar-refractivity contribution in [2.24, 2.45) is 5.14 Å². The van der Waals surface area contributed by atoms with Crippen molar-refractivity contribution in [3.63, 3.8) is 0 Å². The zero-order valence-corrected chi connectivity index (χ0v) is 10.1. The molecular formula is C9H13F3N2O3S. The van der Waals surface area contributed by atoms with Crippen molar-refractivity contribution in [2.45, 2.75) is 30.7 Å². The van der Waals surface area contributed by atoms with E-state index in [0.29, 0.717) is 5.76 Å². The third-order valence-corrected chi connectivity index (χ3v) is 2.81. The number of nitrogens with one attached hydrogen (secondary N) is 1. The SMILES string of the molecule is NS(=O)(=O)c1ccc(CNCCCC(F)(F)F)o1. The standard InChI is InChI=1S/C9H13F3N2O3S/c10-9(11,12)4-1-5-14-6-7-2-3-8(17-7)18(13,15)16/h2-3,14H,1,4-6H2,(H2,13,15,16). The van der Waals surface area contributed by atoms with Gasteiger partial charge in [-0.1, -0.05) is 0 Å². The molecular weight excluding hydrogens is 273 g/mol. The molecule has 0 radical (unpaired) electrons. The monoisotopic (exact) mass is 286 g/mol. The van der Waals surface area contributed by atoms with E-state index in [0.717, 1.165) is 0 Å². The number of hydrogen-bond acceptors (Lipinski definition) is 4. The minimum atomic E-state index is -4.16. The predicted molar refractivity (Wildman–Crippen MR) is 57.1 cm³/mol. The Bertz CT molecular complexity index is 481. The minimum Gasteiger partial charge on any atom is -0.447 e. The van der Waals surface area contributed by atoms with Gasteiger partial charge in [0.25, 0.3) is 10.0 Å². The fraction of sp³-hybridized carbons (Fsp3) is 0.556. The van der Waals surface area contributed by atoms with Crippen molar-refractivity contribution in [3.05, 3.63) is 17.9 Å². The molecule has 104 valence electrons. The largest absolute Gasteiger partial charge is 0.447 e. The Hall–Kier alpha value is -1.06. The Labute approximate surface area is 102 Å². The van der Waals surface area contributed by atoms with Crippen molar-refractivity contribution < 1.29 is 26.0 Å². The number of sulfonamides is 1. The average molecular weight is 286 g/mol. The molecule has 1 rings (SSSR count). The second-order valence-corrected chi connectivity index (χ2v) is 5.15. The summed E-state index contributed by atoms with van der Waals surface area (Å²) in [6.45, 7) is 0.304. The second-order valence-electron chi connectivity index (χ2n) is 3.66. The highest BCUT2D eigenvalue weighted by Gasteiger charge is 2.25. The Kier molecular flexibility index (Phi) is 4.77. The normalized spacial score (nSPS) is 12.9.